The maximum Gasteiger partial charge on any atom is 0.191 e. The van der Waals surface area contributed by atoms with Gasteiger partial charge in [-0.05, 0) is 24.3 Å². The molecule has 3 N–H and O–H groups in total. The molecular formula is C18H26FN7. The van der Waals surface area contributed by atoms with E-state index in [0.717, 1.165) is 37.7 Å². The minimum absolute atomic E-state index is 0.0965. The number of nitrogens with zero attached hydrogens (tertiary/aromatic N) is 5. The SMILES string of the molecule is CC(C)(C)c1n[nH]c(CN=C(N)N2CCN(c3ccc(F)cc3)CC2)n1. The lowest BCUT2D eigenvalue weighted by molar-refractivity contribution is 0.380. The van der Waals surface area contributed by atoms with Gasteiger partial charge in [-0.15, -0.1) is 0 Å². The lowest BCUT2D eigenvalue weighted by Gasteiger charge is -2.36. The van der Waals surface area contributed by atoms with E-state index in [9.17, 15) is 4.39 Å². The summed E-state index contributed by atoms with van der Waals surface area (Å²) >= 11 is 0. The number of aliphatic imine (C=N–C) groups is 1. The van der Waals surface area contributed by atoms with Crippen molar-refractivity contribution >= 4 is 11.6 Å². The summed E-state index contributed by atoms with van der Waals surface area (Å²) in [5.74, 6) is 1.78. The van der Waals surface area contributed by atoms with Gasteiger partial charge in [0.25, 0.3) is 0 Å². The van der Waals surface area contributed by atoms with Crippen molar-refractivity contribution in [1.29, 1.82) is 0 Å². The Kier molecular flexibility index (Phi) is 5.11. The van der Waals surface area contributed by atoms with E-state index in [-0.39, 0.29) is 11.2 Å². The number of H-pyrrole nitrogens is 1. The molecule has 0 bridgehead atoms. The van der Waals surface area contributed by atoms with E-state index in [1.807, 2.05) is 0 Å². The third kappa shape index (κ3) is 4.30. The summed E-state index contributed by atoms with van der Waals surface area (Å²) in [4.78, 5) is 13.2. The van der Waals surface area contributed by atoms with E-state index in [4.69, 9.17) is 5.73 Å². The first-order valence-corrected chi connectivity index (χ1v) is 8.80. The van der Waals surface area contributed by atoms with Crippen LogP contribution in [0, 0.1) is 5.82 Å². The van der Waals surface area contributed by atoms with E-state index < -0.39 is 0 Å². The van der Waals surface area contributed by atoms with Crippen LogP contribution >= 0.6 is 0 Å². The minimum Gasteiger partial charge on any atom is -0.370 e. The molecule has 1 aliphatic rings. The Hall–Kier alpha value is -2.64. The van der Waals surface area contributed by atoms with Crippen molar-refractivity contribution in [3.05, 3.63) is 41.7 Å². The van der Waals surface area contributed by atoms with Crippen LogP contribution < -0.4 is 10.6 Å². The van der Waals surface area contributed by atoms with Crippen LogP contribution in [-0.2, 0) is 12.0 Å². The second kappa shape index (κ2) is 7.31. The molecule has 1 aliphatic heterocycles. The number of piperazine rings is 1. The Labute approximate surface area is 153 Å². The van der Waals surface area contributed by atoms with Crippen molar-refractivity contribution in [2.75, 3.05) is 31.1 Å². The molecule has 0 spiro atoms. The molecule has 8 heteroatoms. The molecule has 0 unspecified atom stereocenters. The second-order valence-corrected chi connectivity index (χ2v) is 7.48. The number of aromatic nitrogens is 3. The summed E-state index contributed by atoms with van der Waals surface area (Å²) in [6.45, 7) is 9.77. The molecule has 0 aliphatic carbocycles. The Morgan fingerprint density at radius 2 is 1.85 bits per heavy atom. The molecule has 140 valence electrons. The third-order valence-electron chi connectivity index (χ3n) is 4.39. The van der Waals surface area contributed by atoms with Crippen LogP contribution in [0.15, 0.2) is 29.3 Å². The molecular weight excluding hydrogens is 333 g/mol. The first-order valence-electron chi connectivity index (χ1n) is 8.80. The van der Waals surface area contributed by atoms with Crippen molar-refractivity contribution < 1.29 is 4.39 Å². The van der Waals surface area contributed by atoms with Gasteiger partial charge in [-0.25, -0.2) is 14.4 Å². The Morgan fingerprint density at radius 3 is 2.42 bits per heavy atom. The summed E-state index contributed by atoms with van der Waals surface area (Å²) in [6, 6.07) is 6.58. The number of benzene rings is 1. The monoisotopic (exact) mass is 359 g/mol. The molecule has 2 heterocycles. The Morgan fingerprint density at radius 1 is 1.19 bits per heavy atom. The zero-order valence-electron chi connectivity index (χ0n) is 15.5. The van der Waals surface area contributed by atoms with Gasteiger partial charge in [0.05, 0.1) is 0 Å². The molecule has 0 atom stereocenters. The molecule has 0 radical (unpaired) electrons. The number of hydrogen-bond donors (Lipinski definition) is 2. The fraction of sp³-hybridized carbons (Fsp3) is 0.500. The van der Waals surface area contributed by atoms with Gasteiger partial charge >= 0.3 is 0 Å². The fourth-order valence-electron chi connectivity index (χ4n) is 2.80. The number of rotatable bonds is 3. The predicted molar refractivity (Wildman–Crippen MR) is 101 cm³/mol. The van der Waals surface area contributed by atoms with Gasteiger partial charge in [0.2, 0.25) is 0 Å². The summed E-state index contributed by atoms with van der Waals surface area (Å²) in [6.07, 6.45) is 0. The minimum atomic E-state index is -0.217. The molecule has 1 aromatic carbocycles. The van der Waals surface area contributed by atoms with Crippen LogP contribution in [0.25, 0.3) is 0 Å². The quantitative estimate of drug-likeness (QED) is 0.645. The van der Waals surface area contributed by atoms with Crippen LogP contribution in [0.3, 0.4) is 0 Å². The molecule has 0 saturated carbocycles. The maximum atomic E-state index is 13.0. The van der Waals surface area contributed by atoms with Crippen LogP contribution in [0.1, 0.15) is 32.4 Å². The highest BCUT2D eigenvalue weighted by Gasteiger charge is 2.20. The lowest BCUT2D eigenvalue weighted by atomic mass is 9.96. The van der Waals surface area contributed by atoms with Gasteiger partial charge in [-0.1, -0.05) is 20.8 Å². The predicted octanol–water partition coefficient (Wildman–Crippen LogP) is 1.88. The largest absolute Gasteiger partial charge is 0.370 e. The second-order valence-electron chi connectivity index (χ2n) is 7.48. The first-order chi connectivity index (χ1) is 12.3. The molecule has 2 aromatic rings. The third-order valence-corrected chi connectivity index (χ3v) is 4.39. The summed E-state index contributed by atoms with van der Waals surface area (Å²) < 4.78 is 13.0. The average molecular weight is 359 g/mol. The number of nitrogens with two attached hydrogens (primary N) is 1. The highest BCUT2D eigenvalue weighted by molar-refractivity contribution is 5.78. The first kappa shape index (κ1) is 18.2. The zero-order valence-corrected chi connectivity index (χ0v) is 15.5. The topological polar surface area (TPSA) is 86.4 Å². The molecule has 1 aromatic heterocycles. The number of anilines is 1. The van der Waals surface area contributed by atoms with E-state index in [1.165, 1.54) is 12.1 Å². The van der Waals surface area contributed by atoms with Gasteiger partial charge in [0.15, 0.2) is 11.8 Å². The van der Waals surface area contributed by atoms with Crippen LogP contribution in [0.5, 0.6) is 0 Å². The maximum absolute atomic E-state index is 13.0. The van der Waals surface area contributed by atoms with E-state index >= 15 is 0 Å². The van der Waals surface area contributed by atoms with Crippen LogP contribution in [0.4, 0.5) is 10.1 Å². The number of aromatic amines is 1. The number of nitrogens with one attached hydrogen (secondary N) is 1. The normalized spacial score (nSPS) is 16.2. The lowest BCUT2D eigenvalue weighted by Crippen LogP contribution is -2.51. The van der Waals surface area contributed by atoms with Crippen molar-refractivity contribution in [1.82, 2.24) is 20.1 Å². The smallest absolute Gasteiger partial charge is 0.191 e. The standard InChI is InChI=1S/C18H26FN7/c1-18(2,3)16-22-15(23-24-16)12-21-17(20)26-10-8-25(9-11-26)14-6-4-13(19)5-7-14/h4-7H,8-12H2,1-3H3,(H2,20,21)(H,22,23,24). The van der Waals surface area contributed by atoms with E-state index in [1.54, 1.807) is 12.1 Å². The van der Waals surface area contributed by atoms with Gasteiger partial charge < -0.3 is 15.5 Å². The molecule has 1 fully saturated rings. The zero-order chi connectivity index (χ0) is 18.7. The van der Waals surface area contributed by atoms with Crippen molar-refractivity contribution in [2.24, 2.45) is 10.7 Å². The van der Waals surface area contributed by atoms with Gasteiger partial charge in [0, 0.05) is 37.3 Å². The summed E-state index contributed by atoms with van der Waals surface area (Å²) in [5.41, 5.74) is 7.07. The number of guanidine groups is 1. The van der Waals surface area contributed by atoms with Crippen molar-refractivity contribution in [3.63, 3.8) is 0 Å². The molecule has 1 saturated heterocycles. The molecule has 3 rings (SSSR count). The van der Waals surface area contributed by atoms with E-state index in [0.29, 0.717) is 18.3 Å². The highest BCUT2D eigenvalue weighted by Crippen LogP contribution is 2.18. The summed E-state index contributed by atoms with van der Waals surface area (Å²) in [7, 11) is 0. The highest BCUT2D eigenvalue weighted by atomic mass is 19.1. The van der Waals surface area contributed by atoms with Gasteiger partial charge in [-0.3, -0.25) is 5.10 Å². The summed E-state index contributed by atoms with van der Waals surface area (Å²) in [5, 5.41) is 7.16. The van der Waals surface area contributed by atoms with Crippen LogP contribution in [-0.4, -0.2) is 52.2 Å². The molecule has 7 nitrogen and oxygen atoms in total. The van der Waals surface area contributed by atoms with Crippen LogP contribution in [0.2, 0.25) is 0 Å². The Balaban J connectivity index is 1.54. The number of halogens is 1. The Bertz CT molecular complexity index is 753. The van der Waals surface area contributed by atoms with Crippen molar-refractivity contribution in [2.45, 2.75) is 32.7 Å². The van der Waals surface area contributed by atoms with Gasteiger partial charge in [0.1, 0.15) is 18.2 Å². The fourth-order valence-corrected chi connectivity index (χ4v) is 2.80. The van der Waals surface area contributed by atoms with Gasteiger partial charge in [-0.2, -0.15) is 5.10 Å². The van der Waals surface area contributed by atoms with Crippen molar-refractivity contribution in [3.8, 4) is 0 Å². The van der Waals surface area contributed by atoms with E-state index in [2.05, 4.69) is 50.7 Å². The number of hydrogen-bond acceptors (Lipinski definition) is 4. The average Bonchev–Trinajstić information content (AvgIpc) is 3.10. The molecule has 0 amide bonds. The molecule has 26 heavy (non-hydrogen) atoms.